The molecule has 6 radical (unpaired) electrons. The molecule has 0 aliphatic carbocycles. The Morgan fingerprint density at radius 2 is 0.625 bits per heavy atom. The van der Waals surface area contributed by atoms with Gasteiger partial charge in [-0.2, -0.15) is 0 Å². The number of hydrogen-bond acceptors (Lipinski definition) is 2. The fraction of sp³-hybridized carbons (Fsp3) is 0.0769. The van der Waals surface area contributed by atoms with E-state index in [4.69, 9.17) is 16.0 Å². The Labute approximate surface area is 196 Å². The zero-order valence-electron chi connectivity index (χ0n) is 17.9. The fourth-order valence-corrected chi connectivity index (χ4v) is 7.75. The van der Waals surface area contributed by atoms with Gasteiger partial charge in [-0.25, -0.2) is 0 Å². The van der Waals surface area contributed by atoms with E-state index in [2.05, 4.69) is 97.1 Å². The number of benzene rings is 4. The number of nitrogens with zero attached hydrogens (tertiary/aromatic N) is 2. The van der Waals surface area contributed by atoms with Crippen molar-refractivity contribution in [2.24, 2.45) is 0 Å². The van der Waals surface area contributed by atoms with Gasteiger partial charge < -0.3 is 25.1 Å². The second-order valence-electron chi connectivity index (χ2n) is 7.29. The highest BCUT2D eigenvalue weighted by Gasteiger charge is 2.15. The largest absolute Gasteiger partial charge is 0.552 e. The van der Waals surface area contributed by atoms with Crippen LogP contribution in [0, 0.1) is 0 Å². The zero-order chi connectivity index (χ0) is 22.2. The van der Waals surface area contributed by atoms with Crippen LogP contribution in [0.25, 0.3) is 0 Å². The summed E-state index contributed by atoms with van der Waals surface area (Å²) in [5.41, 5.74) is 0. The van der Waals surface area contributed by atoms with Crippen LogP contribution in [0.4, 0.5) is 0 Å². The summed E-state index contributed by atoms with van der Waals surface area (Å²) in [5, 5.41) is 4.92. The van der Waals surface area contributed by atoms with E-state index in [1.54, 1.807) is 0 Å². The van der Waals surface area contributed by atoms with Crippen LogP contribution in [-0.2, 0) is 0 Å². The van der Waals surface area contributed by atoms with Gasteiger partial charge in [0, 0.05) is 0 Å². The van der Waals surface area contributed by atoms with Gasteiger partial charge in [0.1, 0.15) is 0 Å². The first-order chi connectivity index (χ1) is 15.7. The Morgan fingerprint density at radius 3 is 0.844 bits per heavy atom. The van der Waals surface area contributed by atoms with Gasteiger partial charge in [0.05, 0.1) is 0 Å². The summed E-state index contributed by atoms with van der Waals surface area (Å²) in [5.74, 6) is 0. The molecule has 0 fully saturated rings. The maximum absolute atomic E-state index is 6.69. The van der Waals surface area contributed by atoms with Crippen LogP contribution in [-0.4, -0.2) is 38.2 Å². The molecule has 0 bridgehead atoms. The third-order valence-corrected chi connectivity index (χ3v) is 9.65. The Balaban J connectivity index is 1.55. The lowest BCUT2D eigenvalue weighted by Crippen LogP contribution is -2.35. The van der Waals surface area contributed by atoms with Crippen molar-refractivity contribution in [3.05, 3.63) is 121 Å². The van der Waals surface area contributed by atoms with Crippen LogP contribution in [0.2, 0.25) is 0 Å². The lowest BCUT2D eigenvalue weighted by atomic mass is 10.3. The van der Waals surface area contributed by atoms with Crippen molar-refractivity contribution in [3.8, 4) is 0 Å². The molecule has 0 aromatic heterocycles. The quantitative estimate of drug-likeness (QED) is 0.284. The molecule has 0 aliphatic rings. The van der Waals surface area contributed by atoms with Crippen molar-refractivity contribution >= 4 is 53.3 Å². The van der Waals surface area contributed by atoms with E-state index < -0.39 is 16.1 Å². The molecule has 0 amide bonds. The summed E-state index contributed by atoms with van der Waals surface area (Å²) in [4.78, 5) is 0. The van der Waals surface area contributed by atoms with Crippen molar-refractivity contribution in [2.75, 3.05) is 13.1 Å². The maximum atomic E-state index is 6.69. The first-order valence-electron chi connectivity index (χ1n) is 10.6. The van der Waals surface area contributed by atoms with Gasteiger partial charge in [0.2, 0.25) is 0 Å². The van der Waals surface area contributed by atoms with Crippen molar-refractivity contribution in [1.29, 1.82) is 0 Å². The molecule has 0 atom stereocenters. The minimum Gasteiger partial charge on any atom is -0.552 e. The molecular formula is C26H24B2N2P2-2. The zero-order valence-corrected chi connectivity index (χ0v) is 19.7. The van der Waals surface area contributed by atoms with Crippen molar-refractivity contribution in [1.82, 2.24) is 9.16 Å². The molecule has 4 aromatic rings. The van der Waals surface area contributed by atoms with Crippen LogP contribution >= 0.6 is 16.1 Å². The molecule has 156 valence electrons. The summed E-state index contributed by atoms with van der Waals surface area (Å²) in [6.07, 6.45) is 0. The minimum absolute atomic E-state index is 0.657. The summed E-state index contributed by atoms with van der Waals surface area (Å²) < 4.78 is 3.92. The first-order valence-corrected chi connectivity index (χ1v) is 13.2. The molecule has 0 saturated carbocycles. The summed E-state index contributed by atoms with van der Waals surface area (Å²) in [7, 11) is 11.7. The van der Waals surface area contributed by atoms with Gasteiger partial charge >= 0.3 is 0 Å². The molecule has 0 unspecified atom stereocenters. The van der Waals surface area contributed by atoms with Crippen molar-refractivity contribution < 1.29 is 0 Å². The second kappa shape index (κ2) is 11.6. The van der Waals surface area contributed by atoms with E-state index in [9.17, 15) is 0 Å². The Bertz CT molecular complexity index is 902. The number of rotatable bonds is 9. The van der Waals surface area contributed by atoms with E-state index in [0.717, 1.165) is 0 Å². The predicted octanol–water partition coefficient (Wildman–Crippen LogP) is 3.85. The molecule has 0 spiro atoms. The first kappa shape index (κ1) is 23.0. The van der Waals surface area contributed by atoms with Gasteiger partial charge in [-0.15, -0.1) is 0 Å². The SMILES string of the molecule is [B-]N(CCN([B-])P(c1ccccc1)c1ccccc1)P(c1ccccc1)c1ccccc1. The summed E-state index contributed by atoms with van der Waals surface area (Å²) in [6.45, 7) is 1.31. The van der Waals surface area contributed by atoms with Gasteiger partial charge in [0.15, 0.2) is 0 Å². The molecule has 0 N–H and O–H groups in total. The summed E-state index contributed by atoms with van der Waals surface area (Å²) >= 11 is 0. The van der Waals surface area contributed by atoms with E-state index in [1.165, 1.54) is 21.2 Å². The van der Waals surface area contributed by atoms with Gasteiger partial charge in [-0.3, -0.25) is 0 Å². The van der Waals surface area contributed by atoms with E-state index in [1.807, 2.05) is 33.4 Å². The molecule has 0 heterocycles. The monoisotopic (exact) mass is 448 g/mol. The molecule has 2 nitrogen and oxygen atoms in total. The summed E-state index contributed by atoms with van der Waals surface area (Å²) in [6, 6.07) is 41.9. The average Bonchev–Trinajstić information content (AvgIpc) is 2.86. The van der Waals surface area contributed by atoms with Crippen LogP contribution in [0.15, 0.2) is 121 Å². The average molecular weight is 448 g/mol. The third kappa shape index (κ3) is 5.77. The fourth-order valence-electron chi connectivity index (χ4n) is 3.57. The third-order valence-electron chi connectivity index (χ3n) is 5.08. The molecule has 4 aromatic carbocycles. The molecular weight excluding hydrogens is 424 g/mol. The number of hydrogen-bond donors (Lipinski definition) is 0. The smallest absolute Gasteiger partial charge is 0.00836 e. The van der Waals surface area contributed by atoms with Crippen LogP contribution in [0.5, 0.6) is 0 Å². The topological polar surface area (TPSA) is 6.48 Å². The molecule has 4 rings (SSSR count). The second-order valence-corrected chi connectivity index (χ2v) is 11.6. The highest BCUT2D eigenvalue weighted by molar-refractivity contribution is 7.72. The standard InChI is InChI=1S/C26H24B2N2P2/c27-29(31(23-13-5-1-6-14-23)24-15-7-2-8-16-24)21-22-30(28)32(25-17-9-3-10-18-25)26-19-11-4-12-20-26/h1-20H,21-22H2/q-2. The van der Waals surface area contributed by atoms with Gasteiger partial charge in [-0.1, -0.05) is 121 Å². The molecule has 0 saturated heterocycles. The van der Waals surface area contributed by atoms with Crippen LogP contribution in [0.3, 0.4) is 0 Å². The maximum Gasteiger partial charge on any atom is -0.00836 e. The minimum atomic E-state index is -0.834. The van der Waals surface area contributed by atoms with Gasteiger partial charge in [-0.05, 0) is 50.5 Å². The van der Waals surface area contributed by atoms with E-state index in [-0.39, 0.29) is 0 Å². The molecule has 32 heavy (non-hydrogen) atoms. The molecule has 0 aliphatic heterocycles. The molecule has 6 heteroatoms. The highest BCUT2D eigenvalue weighted by atomic mass is 31.1. The van der Waals surface area contributed by atoms with Crippen LogP contribution in [0.1, 0.15) is 0 Å². The lowest BCUT2D eigenvalue weighted by Gasteiger charge is -2.48. The Kier molecular flexibility index (Phi) is 8.32. The Morgan fingerprint density at radius 1 is 0.406 bits per heavy atom. The van der Waals surface area contributed by atoms with E-state index in [0.29, 0.717) is 13.1 Å². The normalized spacial score (nSPS) is 11.6. The lowest BCUT2D eigenvalue weighted by molar-refractivity contribution is 0.601. The van der Waals surface area contributed by atoms with Crippen LogP contribution < -0.4 is 21.2 Å². The highest BCUT2D eigenvalue weighted by Crippen LogP contribution is 2.39. The van der Waals surface area contributed by atoms with Crippen molar-refractivity contribution in [2.45, 2.75) is 0 Å². The predicted molar refractivity (Wildman–Crippen MR) is 143 cm³/mol. The van der Waals surface area contributed by atoms with E-state index >= 15 is 0 Å². The Hall–Kier alpha value is -2.21. The van der Waals surface area contributed by atoms with Crippen molar-refractivity contribution in [3.63, 3.8) is 0 Å². The van der Waals surface area contributed by atoms with Gasteiger partial charge in [0.25, 0.3) is 0 Å².